The van der Waals surface area contributed by atoms with E-state index >= 15 is 0 Å². The van der Waals surface area contributed by atoms with Crippen molar-refractivity contribution in [2.75, 3.05) is 17.2 Å². The van der Waals surface area contributed by atoms with Crippen molar-refractivity contribution in [1.29, 1.82) is 0 Å². The van der Waals surface area contributed by atoms with Crippen molar-refractivity contribution in [3.05, 3.63) is 83.0 Å². The number of carbonyl (C=O) groups excluding carboxylic acids is 2. The van der Waals surface area contributed by atoms with Crippen molar-refractivity contribution in [2.45, 2.75) is 6.92 Å². The summed E-state index contributed by atoms with van der Waals surface area (Å²) in [5.74, 6) is -0.181. The Hall–Kier alpha value is -3.38. The number of carbonyl (C=O) groups is 2. The molecule has 142 valence electrons. The molecule has 0 atom stereocenters. The first kappa shape index (κ1) is 19.4. The van der Waals surface area contributed by atoms with Crippen LogP contribution in [-0.2, 0) is 4.74 Å². The van der Waals surface area contributed by atoms with Crippen LogP contribution in [0.15, 0.2) is 66.9 Å². The third-order valence-corrected chi connectivity index (χ3v) is 4.05. The van der Waals surface area contributed by atoms with Gasteiger partial charge in [0.15, 0.2) is 0 Å². The van der Waals surface area contributed by atoms with Crippen LogP contribution in [0.4, 0.5) is 17.2 Å². The van der Waals surface area contributed by atoms with Crippen molar-refractivity contribution in [1.82, 2.24) is 4.98 Å². The second kappa shape index (κ2) is 9.01. The molecule has 2 N–H and O–H groups in total. The molecule has 2 aromatic carbocycles. The first-order chi connectivity index (χ1) is 13.5. The standard InChI is InChI=1S/C21H18ClN3O3/c1-2-28-21(27)15-5-9-17(10-6-15)24-18-11-12-19(23-13-18)25-20(26)14-3-7-16(22)8-4-14/h3-13,24H,2H2,1H3,(H,23,25,26). The van der Waals surface area contributed by atoms with E-state index in [4.69, 9.17) is 16.3 Å². The number of halogens is 1. The van der Waals surface area contributed by atoms with Crippen LogP contribution < -0.4 is 10.6 Å². The molecule has 0 aliphatic heterocycles. The van der Waals surface area contributed by atoms with Crippen LogP contribution in [0.3, 0.4) is 0 Å². The van der Waals surface area contributed by atoms with Gasteiger partial charge in [-0.3, -0.25) is 4.79 Å². The highest BCUT2D eigenvalue weighted by molar-refractivity contribution is 6.30. The number of anilines is 3. The van der Waals surface area contributed by atoms with Crippen LogP contribution >= 0.6 is 11.6 Å². The van der Waals surface area contributed by atoms with Crippen molar-refractivity contribution < 1.29 is 14.3 Å². The number of esters is 1. The Morgan fingerprint density at radius 1 is 0.929 bits per heavy atom. The van der Waals surface area contributed by atoms with Gasteiger partial charge < -0.3 is 15.4 Å². The van der Waals surface area contributed by atoms with Crippen molar-refractivity contribution in [2.24, 2.45) is 0 Å². The van der Waals surface area contributed by atoms with Crippen LogP contribution in [-0.4, -0.2) is 23.5 Å². The Morgan fingerprint density at radius 3 is 2.18 bits per heavy atom. The third kappa shape index (κ3) is 5.08. The average molecular weight is 396 g/mol. The minimum Gasteiger partial charge on any atom is -0.462 e. The number of benzene rings is 2. The molecule has 0 saturated heterocycles. The molecular formula is C21H18ClN3O3. The van der Waals surface area contributed by atoms with E-state index in [1.807, 2.05) is 0 Å². The van der Waals surface area contributed by atoms with Gasteiger partial charge in [0.2, 0.25) is 0 Å². The molecule has 0 bridgehead atoms. The van der Waals surface area contributed by atoms with E-state index in [9.17, 15) is 9.59 Å². The second-order valence-electron chi connectivity index (χ2n) is 5.82. The van der Waals surface area contributed by atoms with Crippen molar-refractivity contribution in [3.8, 4) is 0 Å². The molecule has 6 nitrogen and oxygen atoms in total. The average Bonchev–Trinajstić information content (AvgIpc) is 2.70. The number of aromatic nitrogens is 1. The largest absolute Gasteiger partial charge is 0.462 e. The SMILES string of the molecule is CCOC(=O)c1ccc(Nc2ccc(NC(=O)c3ccc(Cl)cc3)nc2)cc1. The van der Waals surface area contributed by atoms with E-state index in [-0.39, 0.29) is 11.9 Å². The molecule has 0 unspecified atom stereocenters. The molecule has 1 heterocycles. The van der Waals surface area contributed by atoms with E-state index in [2.05, 4.69) is 15.6 Å². The molecule has 0 radical (unpaired) electrons. The Morgan fingerprint density at radius 2 is 1.57 bits per heavy atom. The molecule has 7 heteroatoms. The highest BCUT2D eigenvalue weighted by Crippen LogP contribution is 2.18. The monoisotopic (exact) mass is 395 g/mol. The summed E-state index contributed by atoms with van der Waals surface area (Å²) >= 11 is 5.82. The minimum atomic E-state index is -0.350. The van der Waals surface area contributed by atoms with Gasteiger partial charge in [0, 0.05) is 16.3 Å². The lowest BCUT2D eigenvalue weighted by Gasteiger charge is -2.09. The van der Waals surface area contributed by atoms with E-state index < -0.39 is 0 Å². The summed E-state index contributed by atoms with van der Waals surface area (Å²) in [6, 6.07) is 17.0. The molecule has 1 aromatic heterocycles. The second-order valence-corrected chi connectivity index (χ2v) is 6.25. The zero-order valence-corrected chi connectivity index (χ0v) is 15.9. The van der Waals surface area contributed by atoms with Gasteiger partial charge in [-0.15, -0.1) is 0 Å². The fourth-order valence-corrected chi connectivity index (χ4v) is 2.53. The van der Waals surface area contributed by atoms with Crippen molar-refractivity contribution >= 4 is 40.7 Å². The molecule has 28 heavy (non-hydrogen) atoms. The summed E-state index contributed by atoms with van der Waals surface area (Å²) in [7, 11) is 0. The van der Waals surface area contributed by atoms with Crippen LogP contribution in [0.5, 0.6) is 0 Å². The zero-order valence-electron chi connectivity index (χ0n) is 15.1. The summed E-state index contributed by atoms with van der Waals surface area (Å²) in [6.07, 6.45) is 1.61. The summed E-state index contributed by atoms with van der Waals surface area (Å²) < 4.78 is 4.96. The number of nitrogens with one attached hydrogen (secondary N) is 2. The molecule has 0 spiro atoms. The topological polar surface area (TPSA) is 80.3 Å². The van der Waals surface area contributed by atoms with E-state index in [1.54, 1.807) is 73.8 Å². The number of ether oxygens (including phenoxy) is 1. The third-order valence-electron chi connectivity index (χ3n) is 3.80. The number of nitrogens with zero attached hydrogens (tertiary/aromatic N) is 1. The fraction of sp³-hybridized carbons (Fsp3) is 0.0952. The van der Waals surface area contributed by atoms with Gasteiger partial charge in [-0.25, -0.2) is 9.78 Å². The van der Waals surface area contributed by atoms with Gasteiger partial charge in [0.05, 0.1) is 24.1 Å². The van der Waals surface area contributed by atoms with Gasteiger partial charge >= 0.3 is 5.97 Å². The number of rotatable bonds is 6. The van der Waals surface area contributed by atoms with Crippen LogP contribution in [0, 0.1) is 0 Å². The smallest absolute Gasteiger partial charge is 0.338 e. The lowest BCUT2D eigenvalue weighted by atomic mass is 10.2. The van der Waals surface area contributed by atoms with Crippen LogP contribution in [0.25, 0.3) is 0 Å². The summed E-state index contributed by atoms with van der Waals surface area (Å²) in [5.41, 5.74) is 2.53. The summed E-state index contributed by atoms with van der Waals surface area (Å²) in [5, 5.41) is 6.48. The highest BCUT2D eigenvalue weighted by Gasteiger charge is 2.08. The zero-order chi connectivity index (χ0) is 19.9. The maximum absolute atomic E-state index is 12.2. The first-order valence-corrected chi connectivity index (χ1v) is 9.00. The Kier molecular flexibility index (Phi) is 6.24. The van der Waals surface area contributed by atoms with Gasteiger partial charge in [-0.1, -0.05) is 11.6 Å². The van der Waals surface area contributed by atoms with E-state index in [0.29, 0.717) is 28.6 Å². The molecule has 0 saturated carbocycles. The molecule has 0 aliphatic carbocycles. The first-order valence-electron chi connectivity index (χ1n) is 8.62. The Labute approximate surface area is 167 Å². The van der Waals surface area contributed by atoms with Crippen LogP contribution in [0.2, 0.25) is 5.02 Å². The van der Waals surface area contributed by atoms with E-state index in [0.717, 1.165) is 11.4 Å². The number of hydrogen-bond acceptors (Lipinski definition) is 5. The van der Waals surface area contributed by atoms with Crippen LogP contribution in [0.1, 0.15) is 27.6 Å². The van der Waals surface area contributed by atoms with E-state index in [1.165, 1.54) is 0 Å². The predicted molar refractivity (Wildman–Crippen MR) is 109 cm³/mol. The van der Waals surface area contributed by atoms with Gasteiger partial charge in [-0.05, 0) is 67.6 Å². The normalized spacial score (nSPS) is 10.2. The number of amides is 1. The number of hydrogen-bond donors (Lipinski definition) is 2. The fourth-order valence-electron chi connectivity index (χ4n) is 2.40. The Bertz CT molecular complexity index is 956. The molecular weight excluding hydrogens is 378 g/mol. The lowest BCUT2D eigenvalue weighted by molar-refractivity contribution is 0.0526. The summed E-state index contributed by atoms with van der Waals surface area (Å²) in [4.78, 5) is 28.1. The molecule has 3 aromatic rings. The van der Waals surface area contributed by atoms with Gasteiger partial charge in [0.25, 0.3) is 5.91 Å². The minimum absolute atomic E-state index is 0.264. The lowest BCUT2D eigenvalue weighted by Crippen LogP contribution is -2.12. The quantitative estimate of drug-likeness (QED) is 0.580. The number of pyridine rings is 1. The van der Waals surface area contributed by atoms with Gasteiger partial charge in [0.1, 0.15) is 5.82 Å². The Balaban J connectivity index is 1.60. The predicted octanol–water partition coefficient (Wildman–Crippen LogP) is 4.91. The molecule has 3 rings (SSSR count). The molecule has 0 fully saturated rings. The molecule has 0 aliphatic rings. The van der Waals surface area contributed by atoms with Crippen molar-refractivity contribution in [3.63, 3.8) is 0 Å². The summed E-state index contributed by atoms with van der Waals surface area (Å²) in [6.45, 7) is 2.10. The maximum atomic E-state index is 12.2. The van der Waals surface area contributed by atoms with Gasteiger partial charge in [-0.2, -0.15) is 0 Å². The molecule has 1 amide bonds. The maximum Gasteiger partial charge on any atom is 0.338 e. The highest BCUT2D eigenvalue weighted by atomic mass is 35.5.